The molecule has 0 aromatic heterocycles. The maximum atomic E-state index is 12.3. The predicted octanol–water partition coefficient (Wildman–Crippen LogP) is 4.38. The predicted molar refractivity (Wildman–Crippen MR) is 96.7 cm³/mol. The fourth-order valence-electron chi connectivity index (χ4n) is 2.39. The highest BCUT2D eigenvalue weighted by atomic mass is 19.4. The molecule has 5 nitrogen and oxygen atoms in total. The van der Waals surface area contributed by atoms with Gasteiger partial charge in [-0.15, -0.1) is 0 Å². The highest BCUT2D eigenvalue weighted by Crippen LogP contribution is 2.27. The third-order valence-corrected chi connectivity index (χ3v) is 3.72. The van der Waals surface area contributed by atoms with E-state index in [0.29, 0.717) is 22.4 Å². The number of benzene rings is 2. The van der Waals surface area contributed by atoms with Gasteiger partial charge in [-0.25, -0.2) is 0 Å². The van der Waals surface area contributed by atoms with E-state index in [4.69, 9.17) is 9.47 Å². The zero-order valence-electron chi connectivity index (χ0n) is 15.2. The van der Waals surface area contributed by atoms with Crippen LogP contribution in [0.1, 0.15) is 21.5 Å². The summed E-state index contributed by atoms with van der Waals surface area (Å²) in [4.78, 5) is 12.3. The van der Waals surface area contributed by atoms with Crippen molar-refractivity contribution in [1.82, 2.24) is 0 Å². The number of phenolic OH excluding ortho intramolecular Hbond substituents is 1. The molecule has 28 heavy (non-hydrogen) atoms. The SMILES string of the molecule is COc1cc(C(=O)/C=C/c2ccc(OC)c(COCC(F)(F)F)c2)ccc1O. The highest BCUT2D eigenvalue weighted by molar-refractivity contribution is 6.07. The number of carbonyl (C=O) groups excluding carboxylic acids is 1. The van der Waals surface area contributed by atoms with Crippen molar-refractivity contribution in [3.05, 3.63) is 59.2 Å². The molecule has 0 aliphatic heterocycles. The molecule has 0 atom stereocenters. The monoisotopic (exact) mass is 396 g/mol. The van der Waals surface area contributed by atoms with Crippen LogP contribution >= 0.6 is 0 Å². The molecule has 2 rings (SSSR count). The summed E-state index contributed by atoms with van der Waals surface area (Å²) in [5.74, 6) is 0.146. The van der Waals surface area contributed by atoms with Gasteiger partial charge in [-0.05, 0) is 42.0 Å². The first kappa shape index (κ1) is 21.3. The van der Waals surface area contributed by atoms with Crippen LogP contribution in [0.25, 0.3) is 6.08 Å². The molecular weight excluding hydrogens is 377 g/mol. The van der Waals surface area contributed by atoms with Gasteiger partial charge >= 0.3 is 6.18 Å². The van der Waals surface area contributed by atoms with Gasteiger partial charge in [0.15, 0.2) is 17.3 Å². The Morgan fingerprint density at radius 2 is 1.79 bits per heavy atom. The molecule has 0 heterocycles. The van der Waals surface area contributed by atoms with Gasteiger partial charge in [0.25, 0.3) is 0 Å². The number of phenols is 1. The summed E-state index contributed by atoms with van der Waals surface area (Å²) < 4.78 is 51.5. The van der Waals surface area contributed by atoms with Crippen molar-refractivity contribution < 1.29 is 37.3 Å². The van der Waals surface area contributed by atoms with Crippen LogP contribution < -0.4 is 9.47 Å². The Hall–Kier alpha value is -3.00. The van der Waals surface area contributed by atoms with Crippen LogP contribution in [0.15, 0.2) is 42.5 Å². The van der Waals surface area contributed by atoms with Crippen molar-refractivity contribution in [2.45, 2.75) is 12.8 Å². The molecule has 0 spiro atoms. The van der Waals surface area contributed by atoms with Gasteiger partial charge in [0.05, 0.1) is 20.8 Å². The van der Waals surface area contributed by atoms with Gasteiger partial charge < -0.3 is 19.3 Å². The molecule has 150 valence electrons. The molecule has 0 unspecified atom stereocenters. The molecule has 2 aromatic rings. The second-order valence-corrected chi connectivity index (χ2v) is 5.76. The normalized spacial score (nSPS) is 11.6. The lowest BCUT2D eigenvalue weighted by Crippen LogP contribution is -2.16. The number of ether oxygens (including phenoxy) is 3. The van der Waals surface area contributed by atoms with Crippen LogP contribution in [0, 0.1) is 0 Å². The Kier molecular flexibility index (Phi) is 7.06. The molecule has 0 aliphatic carbocycles. The van der Waals surface area contributed by atoms with Crippen molar-refractivity contribution in [2.75, 3.05) is 20.8 Å². The number of aromatic hydroxyl groups is 1. The first-order chi connectivity index (χ1) is 13.2. The van der Waals surface area contributed by atoms with Crippen molar-refractivity contribution in [1.29, 1.82) is 0 Å². The van der Waals surface area contributed by atoms with E-state index in [-0.39, 0.29) is 23.9 Å². The van der Waals surface area contributed by atoms with Gasteiger partial charge in [0.2, 0.25) is 0 Å². The molecule has 1 N–H and O–H groups in total. The lowest BCUT2D eigenvalue weighted by Gasteiger charge is -2.11. The minimum absolute atomic E-state index is 0.0818. The van der Waals surface area contributed by atoms with Crippen molar-refractivity contribution in [3.63, 3.8) is 0 Å². The smallest absolute Gasteiger partial charge is 0.411 e. The van der Waals surface area contributed by atoms with Crippen molar-refractivity contribution >= 4 is 11.9 Å². The fourth-order valence-corrected chi connectivity index (χ4v) is 2.39. The maximum absolute atomic E-state index is 12.3. The molecule has 0 bridgehead atoms. The molecular formula is C20H19F3O5. The molecule has 0 amide bonds. The van der Waals surface area contributed by atoms with Gasteiger partial charge in [-0.1, -0.05) is 12.1 Å². The van der Waals surface area contributed by atoms with E-state index in [1.165, 1.54) is 44.6 Å². The topological polar surface area (TPSA) is 65.0 Å². The molecule has 0 saturated heterocycles. The Bertz CT molecular complexity index is 859. The van der Waals surface area contributed by atoms with Crippen LogP contribution in [0.3, 0.4) is 0 Å². The Morgan fingerprint density at radius 1 is 1.07 bits per heavy atom. The molecule has 0 aliphatic rings. The number of rotatable bonds is 8. The minimum Gasteiger partial charge on any atom is -0.504 e. The summed E-state index contributed by atoms with van der Waals surface area (Å²) in [7, 11) is 2.78. The Balaban J connectivity index is 2.14. The quantitative estimate of drug-likeness (QED) is 0.530. The number of carbonyl (C=O) groups is 1. The lowest BCUT2D eigenvalue weighted by atomic mass is 10.1. The molecule has 0 saturated carbocycles. The van der Waals surface area contributed by atoms with Crippen LogP contribution in [-0.2, 0) is 11.3 Å². The summed E-state index contributed by atoms with van der Waals surface area (Å²) >= 11 is 0. The Morgan fingerprint density at radius 3 is 2.43 bits per heavy atom. The average Bonchev–Trinajstić information content (AvgIpc) is 2.65. The summed E-state index contributed by atoms with van der Waals surface area (Å²) in [5.41, 5.74) is 1.33. The maximum Gasteiger partial charge on any atom is 0.411 e. The standard InChI is InChI=1S/C20H19F3O5/c1-26-18-8-4-13(9-15(18)11-28-12-20(21,22)23)3-6-16(24)14-5-7-17(25)19(10-14)27-2/h3-10,25H,11-12H2,1-2H3/b6-3+. The van der Waals surface area contributed by atoms with E-state index in [1.807, 2.05) is 0 Å². The van der Waals surface area contributed by atoms with E-state index in [0.717, 1.165) is 0 Å². The highest BCUT2D eigenvalue weighted by Gasteiger charge is 2.27. The molecule has 0 fully saturated rings. The zero-order chi connectivity index (χ0) is 20.7. The zero-order valence-corrected chi connectivity index (χ0v) is 15.2. The second-order valence-electron chi connectivity index (χ2n) is 5.76. The number of methoxy groups -OCH3 is 2. The van der Waals surface area contributed by atoms with Gasteiger partial charge in [0, 0.05) is 11.1 Å². The van der Waals surface area contributed by atoms with Crippen LogP contribution in [-0.4, -0.2) is 37.9 Å². The third kappa shape index (κ3) is 6.02. The number of allylic oxidation sites excluding steroid dienone is 1. The first-order valence-corrected chi connectivity index (χ1v) is 8.14. The number of alkyl halides is 3. The van der Waals surface area contributed by atoms with Gasteiger partial charge in [-0.2, -0.15) is 13.2 Å². The second kappa shape index (κ2) is 9.27. The summed E-state index contributed by atoms with van der Waals surface area (Å²) in [6.07, 6.45) is -1.58. The van der Waals surface area contributed by atoms with Crippen molar-refractivity contribution in [2.24, 2.45) is 0 Å². The van der Waals surface area contributed by atoms with E-state index >= 15 is 0 Å². The third-order valence-electron chi connectivity index (χ3n) is 3.72. The average molecular weight is 396 g/mol. The number of hydrogen-bond donors (Lipinski definition) is 1. The fraction of sp³-hybridized carbons (Fsp3) is 0.250. The summed E-state index contributed by atoms with van der Waals surface area (Å²) in [6.45, 7) is -1.65. The lowest BCUT2D eigenvalue weighted by molar-refractivity contribution is -0.176. The van der Waals surface area contributed by atoms with E-state index < -0.39 is 12.8 Å². The Labute approximate surface area is 160 Å². The van der Waals surface area contributed by atoms with Crippen molar-refractivity contribution in [3.8, 4) is 17.2 Å². The number of hydrogen-bond acceptors (Lipinski definition) is 5. The van der Waals surface area contributed by atoms with E-state index in [9.17, 15) is 23.1 Å². The number of halogens is 3. The van der Waals surface area contributed by atoms with Gasteiger partial charge in [0.1, 0.15) is 12.4 Å². The molecule has 0 radical (unpaired) electrons. The van der Waals surface area contributed by atoms with E-state index in [1.54, 1.807) is 18.2 Å². The van der Waals surface area contributed by atoms with Crippen LogP contribution in [0.4, 0.5) is 13.2 Å². The first-order valence-electron chi connectivity index (χ1n) is 8.14. The van der Waals surface area contributed by atoms with Crippen LogP contribution in [0.5, 0.6) is 17.2 Å². The summed E-state index contributed by atoms with van der Waals surface area (Å²) in [6, 6.07) is 9.04. The summed E-state index contributed by atoms with van der Waals surface area (Å²) in [5, 5.41) is 9.58. The minimum atomic E-state index is -4.41. The molecule has 8 heteroatoms. The molecule has 2 aromatic carbocycles. The number of ketones is 1. The van der Waals surface area contributed by atoms with Gasteiger partial charge in [-0.3, -0.25) is 4.79 Å². The van der Waals surface area contributed by atoms with Crippen LogP contribution in [0.2, 0.25) is 0 Å². The largest absolute Gasteiger partial charge is 0.504 e. The van der Waals surface area contributed by atoms with E-state index in [2.05, 4.69) is 4.74 Å².